The maximum absolute atomic E-state index is 13.0. The topological polar surface area (TPSA) is 78.5 Å². The first-order valence-corrected chi connectivity index (χ1v) is 11.0. The summed E-state index contributed by atoms with van der Waals surface area (Å²) < 4.78 is 0. The predicted molar refractivity (Wildman–Crippen MR) is 121 cm³/mol. The van der Waals surface area contributed by atoms with Crippen LogP contribution in [-0.4, -0.2) is 47.8 Å². The first-order valence-electron chi connectivity index (χ1n) is 11.0. The van der Waals surface area contributed by atoms with E-state index in [-0.39, 0.29) is 29.7 Å². The Morgan fingerprint density at radius 3 is 2.00 bits per heavy atom. The molecule has 2 atom stereocenters. The molecule has 6 heteroatoms. The second-order valence-corrected chi connectivity index (χ2v) is 8.13. The van der Waals surface area contributed by atoms with Crippen LogP contribution < -0.4 is 10.6 Å². The standard InChI is InChI=1S/C25H31N3O3/c1-3-18(2)26-24(30)22(27-23(29)20-10-6-4-7-11-20)19-14-16-28(17-15-19)25(31)21-12-8-5-9-13-21/h4-13,18-19,22H,3,14-17H2,1-2H3,(H,26,30)(H,27,29). The minimum Gasteiger partial charge on any atom is -0.352 e. The van der Waals surface area contributed by atoms with Gasteiger partial charge in [-0.2, -0.15) is 0 Å². The lowest BCUT2D eigenvalue weighted by molar-refractivity contribution is -0.125. The van der Waals surface area contributed by atoms with Crippen LogP contribution in [0.5, 0.6) is 0 Å². The monoisotopic (exact) mass is 421 g/mol. The Morgan fingerprint density at radius 2 is 1.45 bits per heavy atom. The second-order valence-electron chi connectivity index (χ2n) is 8.13. The number of carbonyl (C=O) groups excluding carboxylic acids is 3. The van der Waals surface area contributed by atoms with E-state index < -0.39 is 6.04 Å². The molecule has 2 aromatic carbocycles. The second kappa shape index (κ2) is 10.8. The smallest absolute Gasteiger partial charge is 0.253 e. The van der Waals surface area contributed by atoms with E-state index in [0.717, 1.165) is 6.42 Å². The van der Waals surface area contributed by atoms with Crippen LogP contribution in [0.3, 0.4) is 0 Å². The molecule has 31 heavy (non-hydrogen) atoms. The molecular weight excluding hydrogens is 390 g/mol. The predicted octanol–water partition coefficient (Wildman–Crippen LogP) is 3.25. The van der Waals surface area contributed by atoms with Crippen molar-refractivity contribution in [3.05, 3.63) is 71.8 Å². The molecule has 0 saturated carbocycles. The molecule has 0 aliphatic carbocycles. The summed E-state index contributed by atoms with van der Waals surface area (Å²) in [6, 6.07) is 17.6. The third-order valence-corrected chi connectivity index (χ3v) is 5.93. The summed E-state index contributed by atoms with van der Waals surface area (Å²) in [7, 11) is 0. The van der Waals surface area contributed by atoms with Crippen LogP contribution in [0.25, 0.3) is 0 Å². The van der Waals surface area contributed by atoms with Crippen molar-refractivity contribution in [3.63, 3.8) is 0 Å². The maximum Gasteiger partial charge on any atom is 0.253 e. The van der Waals surface area contributed by atoms with E-state index in [1.807, 2.05) is 55.1 Å². The number of likely N-dealkylation sites (tertiary alicyclic amines) is 1. The molecule has 2 aromatic rings. The Kier molecular flexibility index (Phi) is 7.82. The Balaban J connectivity index is 1.68. The zero-order chi connectivity index (χ0) is 22.2. The molecule has 3 amide bonds. The molecule has 2 N–H and O–H groups in total. The van der Waals surface area contributed by atoms with E-state index in [2.05, 4.69) is 10.6 Å². The van der Waals surface area contributed by atoms with Crippen molar-refractivity contribution in [3.8, 4) is 0 Å². The van der Waals surface area contributed by atoms with E-state index >= 15 is 0 Å². The summed E-state index contributed by atoms with van der Waals surface area (Å²) in [5.41, 5.74) is 1.20. The SMILES string of the molecule is CCC(C)NC(=O)C(NC(=O)c1ccccc1)C1CCN(C(=O)c2ccccc2)CC1. The molecule has 0 aromatic heterocycles. The minimum atomic E-state index is -0.629. The van der Waals surface area contributed by atoms with Gasteiger partial charge in [-0.15, -0.1) is 0 Å². The van der Waals surface area contributed by atoms with E-state index in [0.29, 0.717) is 37.1 Å². The van der Waals surface area contributed by atoms with Crippen LogP contribution in [-0.2, 0) is 4.79 Å². The first kappa shape index (κ1) is 22.5. The highest BCUT2D eigenvalue weighted by Gasteiger charge is 2.34. The van der Waals surface area contributed by atoms with Gasteiger partial charge in [0.15, 0.2) is 0 Å². The highest BCUT2D eigenvalue weighted by atomic mass is 16.2. The van der Waals surface area contributed by atoms with E-state index in [1.165, 1.54) is 0 Å². The van der Waals surface area contributed by atoms with Crippen LogP contribution in [0.4, 0.5) is 0 Å². The third kappa shape index (κ3) is 5.94. The van der Waals surface area contributed by atoms with Crippen LogP contribution in [0.15, 0.2) is 60.7 Å². The Hall–Kier alpha value is -3.15. The molecule has 1 aliphatic heterocycles. The van der Waals surface area contributed by atoms with Gasteiger partial charge in [-0.25, -0.2) is 0 Å². The number of rotatable bonds is 7. The number of nitrogens with zero attached hydrogens (tertiary/aromatic N) is 1. The molecule has 0 bridgehead atoms. The van der Waals surface area contributed by atoms with Crippen molar-refractivity contribution in [2.75, 3.05) is 13.1 Å². The fourth-order valence-corrected chi connectivity index (χ4v) is 3.85. The van der Waals surface area contributed by atoms with Gasteiger partial charge in [-0.05, 0) is 56.4 Å². The van der Waals surface area contributed by atoms with Gasteiger partial charge in [-0.3, -0.25) is 14.4 Å². The number of nitrogens with one attached hydrogen (secondary N) is 2. The van der Waals surface area contributed by atoms with Crippen molar-refractivity contribution in [2.45, 2.75) is 45.2 Å². The summed E-state index contributed by atoms with van der Waals surface area (Å²) >= 11 is 0. The average molecular weight is 422 g/mol. The van der Waals surface area contributed by atoms with Gasteiger partial charge in [0.1, 0.15) is 6.04 Å². The molecule has 6 nitrogen and oxygen atoms in total. The number of piperidine rings is 1. The lowest BCUT2D eigenvalue weighted by Gasteiger charge is -2.36. The van der Waals surface area contributed by atoms with Crippen LogP contribution in [0.1, 0.15) is 53.8 Å². The third-order valence-electron chi connectivity index (χ3n) is 5.93. The molecular formula is C25H31N3O3. The quantitative estimate of drug-likeness (QED) is 0.720. The number of benzene rings is 2. The number of hydrogen-bond acceptors (Lipinski definition) is 3. The number of amides is 3. The Bertz CT molecular complexity index is 877. The van der Waals surface area contributed by atoms with E-state index in [9.17, 15) is 14.4 Å². The molecule has 1 saturated heterocycles. The van der Waals surface area contributed by atoms with Gasteiger partial charge in [-0.1, -0.05) is 43.3 Å². The van der Waals surface area contributed by atoms with Gasteiger partial charge < -0.3 is 15.5 Å². The highest BCUT2D eigenvalue weighted by Crippen LogP contribution is 2.23. The average Bonchev–Trinajstić information content (AvgIpc) is 2.83. The molecule has 164 valence electrons. The highest BCUT2D eigenvalue weighted by molar-refractivity contribution is 5.97. The molecule has 3 rings (SSSR count). The Labute approximate surface area is 184 Å². The van der Waals surface area contributed by atoms with Gasteiger partial charge >= 0.3 is 0 Å². The fraction of sp³-hybridized carbons (Fsp3) is 0.400. The van der Waals surface area contributed by atoms with Crippen LogP contribution in [0.2, 0.25) is 0 Å². The van der Waals surface area contributed by atoms with Gasteiger partial charge in [0, 0.05) is 30.3 Å². The molecule has 0 radical (unpaired) electrons. The Morgan fingerprint density at radius 1 is 0.903 bits per heavy atom. The summed E-state index contributed by atoms with van der Waals surface area (Å²) in [5, 5.41) is 5.96. The van der Waals surface area contributed by atoms with E-state index in [4.69, 9.17) is 0 Å². The lowest BCUT2D eigenvalue weighted by Crippen LogP contribution is -2.55. The van der Waals surface area contributed by atoms with Gasteiger partial charge in [0.05, 0.1) is 0 Å². The van der Waals surface area contributed by atoms with Gasteiger partial charge in [0.25, 0.3) is 11.8 Å². The fourth-order valence-electron chi connectivity index (χ4n) is 3.85. The van der Waals surface area contributed by atoms with Crippen LogP contribution >= 0.6 is 0 Å². The van der Waals surface area contributed by atoms with Crippen molar-refractivity contribution < 1.29 is 14.4 Å². The molecule has 2 unspecified atom stereocenters. The van der Waals surface area contributed by atoms with Crippen LogP contribution in [0, 0.1) is 5.92 Å². The van der Waals surface area contributed by atoms with Crippen molar-refractivity contribution in [2.24, 2.45) is 5.92 Å². The summed E-state index contributed by atoms with van der Waals surface area (Å²) in [6.07, 6.45) is 2.13. The zero-order valence-corrected chi connectivity index (χ0v) is 18.2. The van der Waals surface area contributed by atoms with Crippen molar-refractivity contribution >= 4 is 17.7 Å². The van der Waals surface area contributed by atoms with E-state index in [1.54, 1.807) is 24.3 Å². The summed E-state index contributed by atoms with van der Waals surface area (Å²) in [6.45, 7) is 5.09. The molecule has 1 fully saturated rings. The maximum atomic E-state index is 13.0. The zero-order valence-electron chi connectivity index (χ0n) is 18.2. The molecule has 1 heterocycles. The summed E-state index contributed by atoms with van der Waals surface area (Å²) in [5.74, 6) is -0.441. The van der Waals surface area contributed by atoms with Crippen molar-refractivity contribution in [1.29, 1.82) is 0 Å². The number of hydrogen-bond donors (Lipinski definition) is 2. The van der Waals surface area contributed by atoms with Gasteiger partial charge in [0.2, 0.25) is 5.91 Å². The van der Waals surface area contributed by atoms with Crippen molar-refractivity contribution in [1.82, 2.24) is 15.5 Å². The normalized spacial score (nSPS) is 16.3. The first-order chi connectivity index (χ1) is 15.0. The number of carbonyl (C=O) groups is 3. The lowest BCUT2D eigenvalue weighted by atomic mass is 9.88. The largest absolute Gasteiger partial charge is 0.352 e. The molecule has 1 aliphatic rings. The minimum absolute atomic E-state index is 0.00739. The summed E-state index contributed by atoms with van der Waals surface area (Å²) in [4.78, 5) is 40.3. The molecule has 0 spiro atoms.